The zero-order valence-electron chi connectivity index (χ0n) is 11.7. The molecule has 0 aliphatic carbocycles. The molecule has 21 heavy (non-hydrogen) atoms. The van der Waals surface area contributed by atoms with Crippen molar-refractivity contribution < 1.29 is 5.73 Å². The van der Waals surface area contributed by atoms with Crippen LogP contribution in [-0.4, -0.2) is 23.1 Å². The van der Waals surface area contributed by atoms with Crippen molar-refractivity contribution in [2.24, 2.45) is 0 Å². The zero-order valence-corrected chi connectivity index (χ0v) is 14.0. The highest BCUT2D eigenvalue weighted by Gasteiger charge is 2.10. The van der Waals surface area contributed by atoms with Crippen LogP contribution in [0.2, 0.25) is 10.0 Å². The van der Waals surface area contributed by atoms with Crippen molar-refractivity contribution in [2.75, 3.05) is 18.4 Å². The van der Waals surface area contributed by atoms with Gasteiger partial charge in [-0.25, -0.2) is 9.97 Å². The minimum absolute atomic E-state index is 0.541. The minimum atomic E-state index is 0.541. The van der Waals surface area contributed by atoms with Gasteiger partial charge >= 0.3 is 0 Å². The summed E-state index contributed by atoms with van der Waals surface area (Å²) in [5, 5.41) is 5.13. The van der Waals surface area contributed by atoms with Crippen LogP contribution in [0.25, 0.3) is 0 Å². The van der Waals surface area contributed by atoms with Crippen molar-refractivity contribution in [1.82, 2.24) is 9.97 Å². The highest BCUT2D eigenvalue weighted by atomic mass is 35.5. The number of benzene rings is 1. The summed E-state index contributed by atoms with van der Waals surface area (Å²) in [6.45, 7) is 3.69. The Morgan fingerprint density at radius 2 is 2.14 bits per heavy atom. The predicted octanol–water partition coefficient (Wildman–Crippen LogP) is 3.29. The first kappa shape index (κ1) is 16.4. The molecular weight excluding hydrogens is 327 g/mol. The van der Waals surface area contributed by atoms with E-state index in [1.165, 1.54) is 11.8 Å². The molecule has 2 rings (SSSR count). The molecule has 0 saturated carbocycles. The van der Waals surface area contributed by atoms with Crippen LogP contribution in [0.5, 0.6) is 0 Å². The van der Waals surface area contributed by atoms with Crippen LogP contribution < -0.4 is 11.1 Å². The number of hydrogen-bond acceptors (Lipinski definition) is 4. The van der Waals surface area contributed by atoms with E-state index in [4.69, 9.17) is 23.2 Å². The molecule has 112 valence electrons. The molecule has 2 aromatic rings. The maximum Gasteiger partial charge on any atom is 0.144 e. The van der Waals surface area contributed by atoms with Gasteiger partial charge in [0.15, 0.2) is 0 Å². The second kappa shape index (κ2) is 7.84. The quantitative estimate of drug-likeness (QED) is 0.790. The van der Waals surface area contributed by atoms with E-state index in [1.807, 2.05) is 19.1 Å². The Morgan fingerprint density at radius 3 is 2.86 bits per heavy atom. The number of aryl methyl sites for hydroxylation is 1. The molecule has 0 radical (unpaired) electrons. The maximum atomic E-state index is 6.19. The Kier molecular flexibility index (Phi) is 6.11. The summed E-state index contributed by atoms with van der Waals surface area (Å²) in [7, 11) is 0. The standard InChI is InChI=1S/C14H16Cl2N4S/c1-9-14(19-8-12(20-9)18-7-3-6-17)21-11-5-2-4-10(15)13(11)16/h2,4-5,8H,3,6-7,17H2,1H3,(H,18,20)/p+1. The van der Waals surface area contributed by atoms with Gasteiger partial charge in [-0.05, 0) is 19.1 Å². The topological polar surface area (TPSA) is 65.5 Å². The average Bonchev–Trinajstić information content (AvgIpc) is 2.47. The Bertz CT molecular complexity index is 622. The lowest BCUT2D eigenvalue weighted by Gasteiger charge is -2.09. The Labute approximate surface area is 138 Å². The largest absolute Gasteiger partial charge is 0.369 e. The van der Waals surface area contributed by atoms with Crippen LogP contribution in [0, 0.1) is 6.92 Å². The van der Waals surface area contributed by atoms with Gasteiger partial charge < -0.3 is 11.1 Å². The summed E-state index contributed by atoms with van der Waals surface area (Å²) in [6.07, 6.45) is 2.74. The van der Waals surface area contributed by atoms with Gasteiger partial charge in [-0.1, -0.05) is 41.0 Å². The van der Waals surface area contributed by atoms with Gasteiger partial charge in [0, 0.05) is 17.9 Å². The first-order valence-corrected chi connectivity index (χ1v) is 8.17. The first-order chi connectivity index (χ1) is 10.1. The SMILES string of the molecule is Cc1nc(NCCC[NH3+])cnc1Sc1cccc(Cl)c1Cl. The number of anilines is 1. The summed E-state index contributed by atoms with van der Waals surface area (Å²) < 4.78 is 0. The fourth-order valence-corrected chi connectivity index (χ4v) is 2.99. The Hall–Kier alpha value is -1.01. The van der Waals surface area contributed by atoms with Gasteiger partial charge in [0.05, 0.1) is 28.5 Å². The van der Waals surface area contributed by atoms with Crippen LogP contribution in [0.1, 0.15) is 12.1 Å². The third kappa shape index (κ3) is 4.48. The molecular formula is C14H17Cl2N4S+. The number of aromatic nitrogens is 2. The fraction of sp³-hybridized carbons (Fsp3) is 0.286. The summed E-state index contributed by atoms with van der Waals surface area (Å²) in [5.74, 6) is 0.780. The van der Waals surface area contributed by atoms with E-state index in [-0.39, 0.29) is 0 Å². The van der Waals surface area contributed by atoms with E-state index >= 15 is 0 Å². The van der Waals surface area contributed by atoms with E-state index in [2.05, 4.69) is 21.0 Å². The van der Waals surface area contributed by atoms with E-state index < -0.39 is 0 Å². The lowest BCUT2D eigenvalue weighted by molar-refractivity contribution is -0.367. The molecule has 0 fully saturated rings. The molecule has 4 N–H and O–H groups in total. The molecule has 1 aromatic heterocycles. The summed E-state index contributed by atoms with van der Waals surface area (Å²) in [4.78, 5) is 9.82. The number of hydrogen-bond donors (Lipinski definition) is 2. The number of halogens is 2. The van der Waals surface area contributed by atoms with Gasteiger partial charge in [-0.15, -0.1) is 0 Å². The molecule has 0 saturated heterocycles. The van der Waals surface area contributed by atoms with Crippen LogP contribution in [0.4, 0.5) is 5.82 Å². The number of nitrogens with one attached hydrogen (secondary N) is 1. The molecule has 0 atom stereocenters. The van der Waals surface area contributed by atoms with E-state index in [9.17, 15) is 0 Å². The van der Waals surface area contributed by atoms with Crippen LogP contribution in [0.3, 0.4) is 0 Å². The predicted molar refractivity (Wildman–Crippen MR) is 88.2 cm³/mol. The fourth-order valence-electron chi connectivity index (χ4n) is 1.66. The molecule has 0 aliphatic rings. The second-order valence-electron chi connectivity index (χ2n) is 4.43. The third-order valence-corrected chi connectivity index (χ3v) is 4.84. The molecule has 4 nitrogen and oxygen atoms in total. The zero-order chi connectivity index (χ0) is 15.2. The molecule has 1 aromatic carbocycles. The molecule has 1 heterocycles. The summed E-state index contributed by atoms with van der Waals surface area (Å²) in [6, 6.07) is 5.55. The lowest BCUT2D eigenvalue weighted by atomic mass is 10.4. The van der Waals surface area contributed by atoms with Crippen molar-refractivity contribution in [1.29, 1.82) is 0 Å². The monoisotopic (exact) mass is 343 g/mol. The molecule has 0 spiro atoms. The summed E-state index contributed by atoms with van der Waals surface area (Å²) in [5.41, 5.74) is 4.67. The maximum absolute atomic E-state index is 6.19. The molecule has 0 amide bonds. The minimum Gasteiger partial charge on any atom is -0.369 e. The second-order valence-corrected chi connectivity index (χ2v) is 6.25. The number of nitrogens with zero attached hydrogens (tertiary/aromatic N) is 2. The van der Waals surface area contributed by atoms with Crippen molar-refractivity contribution in [3.05, 3.63) is 40.1 Å². The van der Waals surface area contributed by atoms with E-state index in [1.54, 1.807) is 12.3 Å². The van der Waals surface area contributed by atoms with Crippen LogP contribution in [-0.2, 0) is 0 Å². The number of rotatable bonds is 6. The average molecular weight is 344 g/mol. The normalized spacial score (nSPS) is 10.7. The van der Waals surface area contributed by atoms with Crippen molar-refractivity contribution in [2.45, 2.75) is 23.3 Å². The molecule has 7 heteroatoms. The molecule has 0 aliphatic heterocycles. The van der Waals surface area contributed by atoms with Crippen LogP contribution >= 0.6 is 35.0 Å². The Morgan fingerprint density at radius 1 is 1.33 bits per heavy atom. The third-order valence-electron chi connectivity index (χ3n) is 2.76. The van der Waals surface area contributed by atoms with Gasteiger partial charge in [0.2, 0.25) is 0 Å². The molecule has 0 bridgehead atoms. The Balaban J connectivity index is 2.12. The van der Waals surface area contributed by atoms with Crippen molar-refractivity contribution in [3.63, 3.8) is 0 Å². The van der Waals surface area contributed by atoms with Gasteiger partial charge in [0.25, 0.3) is 0 Å². The summed E-state index contributed by atoms with van der Waals surface area (Å²) >= 11 is 13.7. The van der Waals surface area contributed by atoms with Gasteiger partial charge in [-0.2, -0.15) is 0 Å². The van der Waals surface area contributed by atoms with Crippen molar-refractivity contribution in [3.8, 4) is 0 Å². The van der Waals surface area contributed by atoms with Crippen molar-refractivity contribution >= 4 is 40.8 Å². The highest BCUT2D eigenvalue weighted by Crippen LogP contribution is 2.37. The smallest absolute Gasteiger partial charge is 0.144 e. The van der Waals surface area contributed by atoms with Crippen LogP contribution in [0.15, 0.2) is 34.3 Å². The lowest BCUT2D eigenvalue weighted by Crippen LogP contribution is -2.50. The van der Waals surface area contributed by atoms with E-state index in [0.717, 1.165) is 40.9 Å². The van der Waals surface area contributed by atoms with Gasteiger partial charge in [-0.3, -0.25) is 0 Å². The highest BCUT2D eigenvalue weighted by molar-refractivity contribution is 7.99. The number of quaternary nitrogens is 1. The van der Waals surface area contributed by atoms with Gasteiger partial charge in [0.1, 0.15) is 10.8 Å². The first-order valence-electron chi connectivity index (χ1n) is 6.60. The van der Waals surface area contributed by atoms with E-state index in [0.29, 0.717) is 10.0 Å². The molecule has 0 unspecified atom stereocenters.